The average molecular weight is 291 g/mol. The Labute approximate surface area is 122 Å². The van der Waals surface area contributed by atoms with Crippen molar-refractivity contribution in [1.29, 1.82) is 0 Å². The fourth-order valence-corrected chi connectivity index (χ4v) is 1.77. The zero-order valence-electron chi connectivity index (χ0n) is 10.9. The third-order valence-electron chi connectivity index (χ3n) is 2.55. The second-order valence-corrected chi connectivity index (χ2v) is 4.44. The zero-order valence-corrected chi connectivity index (χ0v) is 11.7. The number of rotatable bonds is 4. The highest BCUT2D eigenvalue weighted by Crippen LogP contribution is 2.10. The maximum Gasteiger partial charge on any atom is 0.213 e. The van der Waals surface area contributed by atoms with E-state index < -0.39 is 0 Å². The van der Waals surface area contributed by atoms with E-state index in [1.54, 1.807) is 25.4 Å². The monoisotopic (exact) mass is 291 g/mol. The van der Waals surface area contributed by atoms with Gasteiger partial charge in [-0.3, -0.25) is 0 Å². The van der Waals surface area contributed by atoms with Crippen LogP contribution in [0.2, 0.25) is 0 Å². The number of nitrogens with zero attached hydrogens (tertiary/aromatic N) is 1. The van der Waals surface area contributed by atoms with Gasteiger partial charge in [-0.15, -0.1) is 0 Å². The SMILES string of the molecule is COc1ccc(NC(=S)NCc2cccc(F)c2)cn1. The van der Waals surface area contributed by atoms with Crippen LogP contribution < -0.4 is 15.4 Å². The lowest BCUT2D eigenvalue weighted by atomic mass is 10.2. The van der Waals surface area contributed by atoms with Crippen molar-refractivity contribution in [2.24, 2.45) is 0 Å². The minimum atomic E-state index is -0.262. The summed E-state index contributed by atoms with van der Waals surface area (Å²) in [6, 6.07) is 9.90. The van der Waals surface area contributed by atoms with E-state index in [4.69, 9.17) is 17.0 Å². The minimum Gasteiger partial charge on any atom is -0.481 e. The smallest absolute Gasteiger partial charge is 0.213 e. The molecule has 0 saturated carbocycles. The van der Waals surface area contributed by atoms with Gasteiger partial charge in [0.25, 0.3) is 0 Å². The van der Waals surface area contributed by atoms with E-state index >= 15 is 0 Å². The molecule has 104 valence electrons. The first-order chi connectivity index (χ1) is 9.67. The van der Waals surface area contributed by atoms with Crippen LogP contribution in [0.5, 0.6) is 5.88 Å². The summed E-state index contributed by atoms with van der Waals surface area (Å²) in [6.45, 7) is 0.452. The molecule has 0 fully saturated rings. The molecule has 0 bridgehead atoms. The molecule has 1 aromatic carbocycles. The van der Waals surface area contributed by atoms with Crippen molar-refractivity contribution in [3.05, 3.63) is 54.0 Å². The van der Waals surface area contributed by atoms with Crippen LogP contribution >= 0.6 is 12.2 Å². The fourth-order valence-electron chi connectivity index (χ4n) is 1.58. The van der Waals surface area contributed by atoms with Crippen molar-refractivity contribution < 1.29 is 9.13 Å². The molecular formula is C14H14FN3OS. The maximum atomic E-state index is 13.0. The number of methoxy groups -OCH3 is 1. The summed E-state index contributed by atoms with van der Waals surface area (Å²) in [6.07, 6.45) is 1.62. The summed E-state index contributed by atoms with van der Waals surface area (Å²) < 4.78 is 18.0. The highest BCUT2D eigenvalue weighted by Gasteiger charge is 2.00. The summed E-state index contributed by atoms with van der Waals surface area (Å²) >= 11 is 5.15. The zero-order chi connectivity index (χ0) is 14.4. The van der Waals surface area contributed by atoms with Crippen molar-refractivity contribution in [1.82, 2.24) is 10.3 Å². The Morgan fingerprint density at radius 1 is 1.35 bits per heavy atom. The van der Waals surface area contributed by atoms with Crippen LogP contribution in [0.25, 0.3) is 0 Å². The van der Waals surface area contributed by atoms with Gasteiger partial charge >= 0.3 is 0 Å². The maximum absolute atomic E-state index is 13.0. The van der Waals surface area contributed by atoms with Crippen LogP contribution in [0.1, 0.15) is 5.56 Å². The lowest BCUT2D eigenvalue weighted by Gasteiger charge is -2.10. The standard InChI is InChI=1S/C14H14FN3OS/c1-19-13-6-5-12(9-16-13)18-14(20)17-8-10-3-2-4-11(15)7-10/h2-7,9H,8H2,1H3,(H2,17,18,20). The van der Waals surface area contributed by atoms with E-state index in [0.29, 0.717) is 17.5 Å². The number of thiocarbonyl (C=S) groups is 1. The van der Waals surface area contributed by atoms with Gasteiger partial charge in [0.2, 0.25) is 5.88 Å². The van der Waals surface area contributed by atoms with Gasteiger partial charge in [0.1, 0.15) is 5.82 Å². The molecule has 1 heterocycles. The molecule has 2 rings (SSSR count). The Bertz CT molecular complexity index is 589. The van der Waals surface area contributed by atoms with Crippen LogP contribution in [0, 0.1) is 5.82 Å². The first-order valence-corrected chi connectivity index (χ1v) is 6.37. The second-order valence-electron chi connectivity index (χ2n) is 4.03. The third kappa shape index (κ3) is 4.17. The number of halogens is 1. The molecule has 4 nitrogen and oxygen atoms in total. The predicted molar refractivity (Wildman–Crippen MR) is 80.2 cm³/mol. The highest BCUT2D eigenvalue weighted by atomic mass is 32.1. The highest BCUT2D eigenvalue weighted by molar-refractivity contribution is 7.80. The molecule has 0 aliphatic carbocycles. The van der Waals surface area contributed by atoms with Crippen LogP contribution in [-0.4, -0.2) is 17.2 Å². The van der Waals surface area contributed by atoms with Crippen LogP contribution in [0.4, 0.5) is 10.1 Å². The summed E-state index contributed by atoms with van der Waals surface area (Å²) in [4.78, 5) is 4.06. The Kier molecular flexibility index (Phi) is 4.84. The Hall–Kier alpha value is -2.21. The molecule has 0 saturated heterocycles. The number of benzene rings is 1. The normalized spacial score (nSPS) is 9.90. The van der Waals surface area contributed by atoms with Crippen LogP contribution in [0.15, 0.2) is 42.6 Å². The van der Waals surface area contributed by atoms with Crippen molar-refractivity contribution >= 4 is 23.0 Å². The van der Waals surface area contributed by atoms with Gasteiger partial charge in [0, 0.05) is 12.6 Å². The lowest BCUT2D eigenvalue weighted by Crippen LogP contribution is -2.27. The van der Waals surface area contributed by atoms with E-state index in [1.165, 1.54) is 12.1 Å². The molecule has 0 aliphatic heterocycles. The average Bonchev–Trinajstić information content (AvgIpc) is 2.46. The molecule has 0 amide bonds. The molecule has 20 heavy (non-hydrogen) atoms. The third-order valence-corrected chi connectivity index (χ3v) is 2.79. The number of pyridine rings is 1. The van der Waals surface area contributed by atoms with Crippen LogP contribution in [-0.2, 0) is 6.54 Å². The van der Waals surface area contributed by atoms with E-state index in [2.05, 4.69) is 15.6 Å². The van der Waals surface area contributed by atoms with Crippen molar-refractivity contribution in [2.45, 2.75) is 6.54 Å². The molecule has 6 heteroatoms. The summed E-state index contributed by atoms with van der Waals surface area (Å²) in [5.74, 6) is 0.275. The summed E-state index contributed by atoms with van der Waals surface area (Å²) in [5, 5.41) is 6.43. The van der Waals surface area contributed by atoms with Crippen molar-refractivity contribution in [2.75, 3.05) is 12.4 Å². The van der Waals surface area contributed by atoms with Gasteiger partial charge in [0.15, 0.2) is 5.11 Å². The van der Waals surface area contributed by atoms with Gasteiger partial charge in [0.05, 0.1) is 19.0 Å². The molecule has 0 atom stereocenters. The fraction of sp³-hybridized carbons (Fsp3) is 0.143. The topological polar surface area (TPSA) is 46.2 Å². The molecule has 2 N–H and O–H groups in total. The Morgan fingerprint density at radius 2 is 2.20 bits per heavy atom. The molecule has 0 aliphatic rings. The van der Waals surface area contributed by atoms with E-state index in [1.807, 2.05) is 12.1 Å². The number of nitrogens with one attached hydrogen (secondary N) is 2. The number of aromatic nitrogens is 1. The van der Waals surface area contributed by atoms with Gasteiger partial charge in [-0.25, -0.2) is 9.37 Å². The number of hydrogen-bond acceptors (Lipinski definition) is 3. The molecule has 2 aromatic rings. The van der Waals surface area contributed by atoms with Gasteiger partial charge in [-0.05, 0) is 36.0 Å². The number of ether oxygens (including phenoxy) is 1. The predicted octanol–water partition coefficient (Wildman–Crippen LogP) is 2.72. The molecule has 0 radical (unpaired) electrons. The minimum absolute atomic E-state index is 0.262. The van der Waals surface area contributed by atoms with E-state index in [9.17, 15) is 4.39 Å². The lowest BCUT2D eigenvalue weighted by molar-refractivity contribution is 0.398. The second kappa shape index (κ2) is 6.81. The van der Waals surface area contributed by atoms with Gasteiger partial charge < -0.3 is 15.4 Å². The van der Waals surface area contributed by atoms with E-state index in [-0.39, 0.29) is 5.82 Å². The van der Waals surface area contributed by atoms with Crippen molar-refractivity contribution in [3.63, 3.8) is 0 Å². The molecule has 0 spiro atoms. The van der Waals surface area contributed by atoms with Crippen LogP contribution in [0.3, 0.4) is 0 Å². The number of hydrogen-bond donors (Lipinski definition) is 2. The molecular weight excluding hydrogens is 277 g/mol. The molecule has 0 unspecified atom stereocenters. The van der Waals surface area contributed by atoms with E-state index in [0.717, 1.165) is 11.3 Å². The Balaban J connectivity index is 1.85. The van der Waals surface area contributed by atoms with Gasteiger partial charge in [-0.2, -0.15) is 0 Å². The first-order valence-electron chi connectivity index (χ1n) is 5.97. The summed E-state index contributed by atoms with van der Waals surface area (Å²) in [7, 11) is 1.56. The quantitative estimate of drug-likeness (QED) is 0.848. The summed E-state index contributed by atoms with van der Waals surface area (Å²) in [5.41, 5.74) is 1.57. The van der Waals surface area contributed by atoms with Gasteiger partial charge in [-0.1, -0.05) is 12.1 Å². The largest absolute Gasteiger partial charge is 0.481 e. The Morgan fingerprint density at radius 3 is 2.85 bits per heavy atom. The van der Waals surface area contributed by atoms with Crippen molar-refractivity contribution in [3.8, 4) is 5.88 Å². The number of anilines is 1. The molecule has 1 aromatic heterocycles. The first kappa shape index (κ1) is 14.2.